The molecular weight excluding hydrogens is 207 g/mol. The Bertz CT molecular complexity index is 307. The van der Waals surface area contributed by atoms with Crippen LogP contribution in [0.2, 0.25) is 0 Å². The van der Waals surface area contributed by atoms with Gasteiger partial charge in [0.25, 0.3) is 0 Å². The van der Waals surface area contributed by atoms with Crippen LogP contribution < -0.4 is 5.73 Å². The van der Waals surface area contributed by atoms with Gasteiger partial charge in [-0.15, -0.1) is 0 Å². The Morgan fingerprint density at radius 1 is 1.20 bits per heavy atom. The number of aliphatic hydroxyl groups is 1. The van der Waals surface area contributed by atoms with E-state index in [0.29, 0.717) is 12.0 Å². The first-order chi connectivity index (χ1) is 6.95. The van der Waals surface area contributed by atoms with Gasteiger partial charge >= 0.3 is 6.18 Å². The molecule has 1 atom stereocenters. The highest BCUT2D eigenvalue weighted by Crippen LogP contribution is 2.29. The minimum atomic E-state index is -4.32. The SMILES string of the molecule is NC(CCO)c1ccc(C(F)(F)F)cc1. The molecule has 0 aliphatic rings. The first-order valence-corrected chi connectivity index (χ1v) is 4.48. The molecule has 1 aromatic rings. The molecule has 1 rings (SSSR count). The van der Waals surface area contributed by atoms with Crippen molar-refractivity contribution >= 4 is 0 Å². The number of aliphatic hydroxyl groups excluding tert-OH is 1. The second-order valence-electron chi connectivity index (χ2n) is 3.24. The smallest absolute Gasteiger partial charge is 0.396 e. The van der Waals surface area contributed by atoms with Crippen LogP contribution >= 0.6 is 0 Å². The molecule has 0 saturated carbocycles. The molecule has 0 heterocycles. The second-order valence-corrected chi connectivity index (χ2v) is 3.24. The molecule has 0 aliphatic carbocycles. The van der Waals surface area contributed by atoms with Gasteiger partial charge in [-0.25, -0.2) is 0 Å². The molecule has 3 N–H and O–H groups in total. The second kappa shape index (κ2) is 4.63. The van der Waals surface area contributed by atoms with E-state index in [1.54, 1.807) is 0 Å². The third kappa shape index (κ3) is 3.21. The molecular formula is C10H12F3NO. The van der Waals surface area contributed by atoms with E-state index in [-0.39, 0.29) is 6.61 Å². The van der Waals surface area contributed by atoms with Gasteiger partial charge in [-0.05, 0) is 24.1 Å². The van der Waals surface area contributed by atoms with Crippen LogP contribution in [0.3, 0.4) is 0 Å². The fourth-order valence-corrected chi connectivity index (χ4v) is 1.23. The Kier molecular flexibility index (Phi) is 3.71. The fraction of sp³-hybridized carbons (Fsp3) is 0.400. The Labute approximate surface area is 85.5 Å². The van der Waals surface area contributed by atoms with Crippen molar-refractivity contribution in [2.75, 3.05) is 6.61 Å². The number of benzene rings is 1. The van der Waals surface area contributed by atoms with Gasteiger partial charge < -0.3 is 10.8 Å². The molecule has 0 amide bonds. The summed E-state index contributed by atoms with van der Waals surface area (Å²) in [5, 5.41) is 8.62. The molecule has 0 bridgehead atoms. The van der Waals surface area contributed by atoms with Crippen LogP contribution in [-0.4, -0.2) is 11.7 Å². The van der Waals surface area contributed by atoms with Crippen molar-refractivity contribution in [3.05, 3.63) is 35.4 Å². The van der Waals surface area contributed by atoms with Crippen LogP contribution in [0.5, 0.6) is 0 Å². The maximum atomic E-state index is 12.2. The highest BCUT2D eigenvalue weighted by molar-refractivity contribution is 5.26. The summed E-state index contributed by atoms with van der Waals surface area (Å²) in [6.07, 6.45) is -3.98. The number of halogens is 3. The summed E-state index contributed by atoms with van der Waals surface area (Å²) in [6.45, 7) is -0.0812. The summed E-state index contributed by atoms with van der Waals surface area (Å²) in [6, 6.07) is 4.24. The minimum absolute atomic E-state index is 0.0812. The summed E-state index contributed by atoms with van der Waals surface area (Å²) in [5.41, 5.74) is 5.53. The highest BCUT2D eigenvalue weighted by atomic mass is 19.4. The van der Waals surface area contributed by atoms with Crippen LogP contribution in [0.25, 0.3) is 0 Å². The zero-order chi connectivity index (χ0) is 11.5. The number of rotatable bonds is 3. The summed E-state index contributed by atoms with van der Waals surface area (Å²) in [4.78, 5) is 0. The number of alkyl halides is 3. The Hall–Kier alpha value is -1.07. The summed E-state index contributed by atoms with van der Waals surface area (Å²) < 4.78 is 36.6. The van der Waals surface area contributed by atoms with Gasteiger partial charge in [0.05, 0.1) is 5.56 Å². The standard InChI is InChI=1S/C10H12F3NO/c11-10(12,13)8-3-1-7(2-4-8)9(14)5-6-15/h1-4,9,15H,5-6,14H2. The first-order valence-electron chi connectivity index (χ1n) is 4.48. The van der Waals surface area contributed by atoms with Gasteiger partial charge in [0.1, 0.15) is 0 Å². The molecule has 2 nitrogen and oxygen atoms in total. The van der Waals surface area contributed by atoms with Crippen LogP contribution in [0.1, 0.15) is 23.6 Å². The summed E-state index contributed by atoms with van der Waals surface area (Å²) >= 11 is 0. The molecule has 0 saturated heterocycles. The normalized spacial score (nSPS) is 13.9. The lowest BCUT2D eigenvalue weighted by atomic mass is 10.0. The Balaban J connectivity index is 2.81. The van der Waals surface area contributed by atoms with Crippen molar-refractivity contribution in [1.82, 2.24) is 0 Å². The fourth-order valence-electron chi connectivity index (χ4n) is 1.23. The maximum absolute atomic E-state index is 12.2. The molecule has 0 fully saturated rings. The lowest BCUT2D eigenvalue weighted by Gasteiger charge is -2.12. The molecule has 84 valence electrons. The van der Waals surface area contributed by atoms with Gasteiger partial charge in [-0.3, -0.25) is 0 Å². The van der Waals surface area contributed by atoms with Gasteiger partial charge in [0, 0.05) is 12.6 Å². The van der Waals surface area contributed by atoms with E-state index >= 15 is 0 Å². The van der Waals surface area contributed by atoms with E-state index in [0.717, 1.165) is 12.1 Å². The van der Waals surface area contributed by atoms with Gasteiger partial charge in [0.2, 0.25) is 0 Å². The van der Waals surface area contributed by atoms with Crippen molar-refractivity contribution in [3.63, 3.8) is 0 Å². The monoisotopic (exact) mass is 219 g/mol. The van der Waals surface area contributed by atoms with Crippen molar-refractivity contribution in [3.8, 4) is 0 Å². The number of hydrogen-bond donors (Lipinski definition) is 2. The van der Waals surface area contributed by atoms with E-state index in [9.17, 15) is 13.2 Å². The minimum Gasteiger partial charge on any atom is -0.396 e. The zero-order valence-corrected chi connectivity index (χ0v) is 7.96. The van der Waals surface area contributed by atoms with Gasteiger partial charge in [-0.2, -0.15) is 13.2 Å². The van der Waals surface area contributed by atoms with E-state index in [1.165, 1.54) is 12.1 Å². The molecule has 5 heteroatoms. The summed E-state index contributed by atoms with van der Waals surface area (Å²) in [5.74, 6) is 0. The van der Waals surface area contributed by atoms with Gasteiger partial charge in [-0.1, -0.05) is 12.1 Å². The average Bonchev–Trinajstić information content (AvgIpc) is 2.17. The van der Waals surface area contributed by atoms with E-state index < -0.39 is 17.8 Å². The molecule has 0 radical (unpaired) electrons. The zero-order valence-electron chi connectivity index (χ0n) is 7.96. The van der Waals surface area contributed by atoms with E-state index in [4.69, 9.17) is 10.8 Å². The Morgan fingerprint density at radius 2 is 1.73 bits per heavy atom. The molecule has 15 heavy (non-hydrogen) atoms. The van der Waals surface area contributed by atoms with Crippen molar-refractivity contribution in [2.45, 2.75) is 18.6 Å². The predicted molar refractivity (Wildman–Crippen MR) is 50.1 cm³/mol. The van der Waals surface area contributed by atoms with E-state index in [2.05, 4.69) is 0 Å². The van der Waals surface area contributed by atoms with Gasteiger partial charge in [0.15, 0.2) is 0 Å². The molecule has 1 unspecified atom stereocenters. The van der Waals surface area contributed by atoms with Crippen molar-refractivity contribution in [1.29, 1.82) is 0 Å². The lowest BCUT2D eigenvalue weighted by Crippen LogP contribution is -2.12. The van der Waals surface area contributed by atoms with Crippen molar-refractivity contribution in [2.24, 2.45) is 5.73 Å². The maximum Gasteiger partial charge on any atom is 0.416 e. The molecule has 0 spiro atoms. The number of hydrogen-bond acceptors (Lipinski definition) is 2. The number of nitrogens with two attached hydrogens (primary N) is 1. The highest BCUT2D eigenvalue weighted by Gasteiger charge is 2.30. The van der Waals surface area contributed by atoms with Crippen LogP contribution in [0.4, 0.5) is 13.2 Å². The predicted octanol–water partition coefficient (Wildman–Crippen LogP) is 2.09. The molecule has 1 aromatic carbocycles. The Morgan fingerprint density at radius 3 is 2.13 bits per heavy atom. The van der Waals surface area contributed by atoms with Crippen LogP contribution in [0, 0.1) is 0 Å². The van der Waals surface area contributed by atoms with Crippen LogP contribution in [-0.2, 0) is 6.18 Å². The quantitative estimate of drug-likeness (QED) is 0.817. The molecule has 0 aliphatic heterocycles. The average molecular weight is 219 g/mol. The largest absolute Gasteiger partial charge is 0.416 e. The topological polar surface area (TPSA) is 46.2 Å². The lowest BCUT2D eigenvalue weighted by molar-refractivity contribution is -0.137. The van der Waals surface area contributed by atoms with Crippen LogP contribution in [0.15, 0.2) is 24.3 Å². The van der Waals surface area contributed by atoms with E-state index in [1.807, 2.05) is 0 Å². The summed E-state index contributed by atoms with van der Waals surface area (Å²) in [7, 11) is 0. The van der Waals surface area contributed by atoms with Crippen molar-refractivity contribution < 1.29 is 18.3 Å². The third-order valence-electron chi connectivity index (χ3n) is 2.11. The third-order valence-corrected chi connectivity index (χ3v) is 2.11. The first kappa shape index (κ1) is 12.0. The molecule has 0 aromatic heterocycles.